The number of pyridine rings is 1. The van der Waals surface area contributed by atoms with Crippen molar-refractivity contribution in [3.63, 3.8) is 0 Å². The van der Waals surface area contributed by atoms with Gasteiger partial charge < -0.3 is 10.2 Å². The molecule has 3 aromatic rings. The molecule has 1 saturated heterocycles. The van der Waals surface area contributed by atoms with Crippen molar-refractivity contribution in [3.8, 4) is 11.3 Å². The molecule has 5 rings (SSSR count). The van der Waals surface area contributed by atoms with Crippen LogP contribution in [0.4, 0.5) is 5.82 Å². The van der Waals surface area contributed by atoms with E-state index in [1.165, 1.54) is 25.9 Å². The van der Waals surface area contributed by atoms with E-state index < -0.39 is 0 Å². The van der Waals surface area contributed by atoms with E-state index in [1.54, 1.807) is 4.68 Å². The number of anilines is 1. The minimum atomic E-state index is 0.0901. The maximum atomic E-state index is 12.8. The Morgan fingerprint density at radius 3 is 2.60 bits per heavy atom. The van der Waals surface area contributed by atoms with Gasteiger partial charge in [0.2, 0.25) is 5.91 Å². The van der Waals surface area contributed by atoms with E-state index in [-0.39, 0.29) is 11.8 Å². The van der Waals surface area contributed by atoms with Crippen molar-refractivity contribution < 1.29 is 4.79 Å². The highest BCUT2D eigenvalue weighted by Gasteiger charge is 2.30. The lowest BCUT2D eigenvalue weighted by Crippen LogP contribution is -2.38. The molecule has 0 spiro atoms. The van der Waals surface area contributed by atoms with Crippen LogP contribution in [0.1, 0.15) is 38.5 Å². The van der Waals surface area contributed by atoms with E-state index in [0.29, 0.717) is 11.9 Å². The number of carbonyl (C=O) groups is 1. The van der Waals surface area contributed by atoms with E-state index in [0.717, 1.165) is 47.7 Å². The number of amides is 1. The van der Waals surface area contributed by atoms with E-state index in [9.17, 15) is 4.79 Å². The van der Waals surface area contributed by atoms with Gasteiger partial charge in [0, 0.05) is 36.2 Å². The van der Waals surface area contributed by atoms with Crippen LogP contribution in [0, 0.1) is 5.92 Å². The number of aromatic nitrogens is 4. The van der Waals surface area contributed by atoms with Gasteiger partial charge in [0.05, 0.1) is 6.20 Å². The largest absolute Gasteiger partial charge is 0.310 e. The predicted octanol–water partition coefficient (Wildman–Crippen LogP) is 3.62. The molecule has 1 aliphatic carbocycles. The number of aryl methyl sites for hydroxylation is 1. The second-order valence-corrected chi connectivity index (χ2v) is 8.65. The number of hydrogen-bond acceptors (Lipinski definition) is 5. The third-order valence-corrected chi connectivity index (χ3v) is 6.60. The summed E-state index contributed by atoms with van der Waals surface area (Å²) in [6.45, 7) is 2.47. The lowest BCUT2D eigenvalue weighted by atomic mass is 9.85. The zero-order valence-corrected chi connectivity index (χ0v) is 17.4. The highest BCUT2D eigenvalue weighted by Crippen LogP contribution is 2.30. The molecule has 1 amide bonds. The third-order valence-electron chi connectivity index (χ3n) is 6.60. The molecular weight excluding hydrogens is 376 g/mol. The number of nitrogens with zero attached hydrogens (tertiary/aromatic N) is 5. The average molecular weight is 405 g/mol. The number of carbonyl (C=O) groups excluding carboxylic acids is 1. The number of benzene rings is 1. The molecule has 1 aromatic carbocycles. The summed E-state index contributed by atoms with van der Waals surface area (Å²) in [5.74, 6) is 0.810. The zero-order chi connectivity index (χ0) is 20.5. The van der Waals surface area contributed by atoms with Crippen LogP contribution < -0.4 is 5.32 Å². The van der Waals surface area contributed by atoms with Gasteiger partial charge in [0.1, 0.15) is 11.5 Å². The fourth-order valence-electron chi connectivity index (χ4n) is 4.89. The fraction of sp³-hybridized carbons (Fsp3) is 0.478. The topological polar surface area (TPSA) is 75.9 Å². The van der Waals surface area contributed by atoms with Crippen LogP contribution in [0.25, 0.3) is 22.0 Å². The van der Waals surface area contributed by atoms with Crippen LogP contribution in [-0.2, 0) is 11.8 Å². The monoisotopic (exact) mass is 404 g/mol. The Kier molecular flexibility index (Phi) is 5.21. The van der Waals surface area contributed by atoms with Crippen LogP contribution in [-0.4, -0.2) is 49.9 Å². The second-order valence-electron chi connectivity index (χ2n) is 8.65. The summed E-state index contributed by atoms with van der Waals surface area (Å²) in [4.78, 5) is 19.9. The first-order valence-electron chi connectivity index (χ1n) is 11.0. The number of fused-ring (bicyclic) bond motifs is 1. The molecule has 7 heteroatoms. The Morgan fingerprint density at radius 1 is 1.07 bits per heavy atom. The van der Waals surface area contributed by atoms with Gasteiger partial charge in [-0.25, -0.2) is 4.98 Å². The molecule has 2 fully saturated rings. The number of nitrogens with one attached hydrogen (secondary N) is 1. The summed E-state index contributed by atoms with van der Waals surface area (Å²) in [6, 6.07) is 8.73. The molecule has 0 unspecified atom stereocenters. The van der Waals surface area contributed by atoms with Gasteiger partial charge >= 0.3 is 0 Å². The lowest BCUT2D eigenvalue weighted by Gasteiger charge is -2.33. The van der Waals surface area contributed by atoms with Crippen LogP contribution in [0.15, 0.2) is 36.7 Å². The maximum absolute atomic E-state index is 12.8. The summed E-state index contributed by atoms with van der Waals surface area (Å²) in [5, 5.41) is 13.3. The summed E-state index contributed by atoms with van der Waals surface area (Å²) in [6.07, 6.45) is 10.6. The molecule has 0 atom stereocenters. The molecule has 1 saturated carbocycles. The van der Waals surface area contributed by atoms with Gasteiger partial charge in [0.25, 0.3) is 0 Å². The first-order chi connectivity index (χ1) is 14.7. The van der Waals surface area contributed by atoms with Gasteiger partial charge in [-0.3, -0.25) is 9.48 Å². The molecular formula is C23H28N6O. The molecule has 0 bridgehead atoms. The Bertz CT molecular complexity index is 1050. The first kappa shape index (κ1) is 19.2. The summed E-state index contributed by atoms with van der Waals surface area (Å²) < 4.78 is 1.69. The average Bonchev–Trinajstić information content (AvgIpc) is 3.45. The van der Waals surface area contributed by atoms with Gasteiger partial charge in [0.15, 0.2) is 0 Å². The SMILES string of the molecule is Cn1cc(-c2ccc3cnc(NC(=O)C4CCC(N5CCCC5)CC4)cc3c2)nn1. The van der Waals surface area contributed by atoms with E-state index in [2.05, 4.69) is 31.6 Å². The molecule has 1 N–H and O–H groups in total. The lowest BCUT2D eigenvalue weighted by molar-refractivity contribution is -0.121. The van der Waals surface area contributed by atoms with E-state index >= 15 is 0 Å². The fourth-order valence-corrected chi connectivity index (χ4v) is 4.89. The quantitative estimate of drug-likeness (QED) is 0.719. The maximum Gasteiger partial charge on any atom is 0.228 e. The number of hydrogen-bond donors (Lipinski definition) is 1. The minimum Gasteiger partial charge on any atom is -0.310 e. The van der Waals surface area contributed by atoms with Crippen LogP contribution in [0.2, 0.25) is 0 Å². The molecule has 0 radical (unpaired) electrons. The van der Waals surface area contributed by atoms with E-state index in [4.69, 9.17) is 0 Å². The Labute approximate surface area is 176 Å². The van der Waals surface area contributed by atoms with Gasteiger partial charge in [-0.05, 0) is 69.1 Å². The molecule has 2 aliphatic rings. The molecule has 2 aromatic heterocycles. The van der Waals surface area contributed by atoms with Gasteiger partial charge in [-0.1, -0.05) is 17.3 Å². The summed E-state index contributed by atoms with van der Waals surface area (Å²) in [5.41, 5.74) is 1.83. The Balaban J connectivity index is 1.26. The van der Waals surface area contributed by atoms with Crippen LogP contribution in [0.5, 0.6) is 0 Å². The van der Waals surface area contributed by atoms with Crippen molar-refractivity contribution in [3.05, 3.63) is 36.7 Å². The zero-order valence-electron chi connectivity index (χ0n) is 17.4. The molecule has 30 heavy (non-hydrogen) atoms. The van der Waals surface area contributed by atoms with E-state index in [1.807, 2.05) is 37.6 Å². The van der Waals surface area contributed by atoms with Crippen molar-refractivity contribution in [2.75, 3.05) is 18.4 Å². The van der Waals surface area contributed by atoms with Gasteiger partial charge in [-0.15, -0.1) is 5.10 Å². The number of rotatable bonds is 4. The summed E-state index contributed by atoms with van der Waals surface area (Å²) in [7, 11) is 1.85. The highest BCUT2D eigenvalue weighted by molar-refractivity contribution is 5.95. The normalized spacial score (nSPS) is 22.4. The molecule has 7 nitrogen and oxygen atoms in total. The highest BCUT2D eigenvalue weighted by atomic mass is 16.1. The molecule has 1 aliphatic heterocycles. The van der Waals surface area contributed by atoms with Gasteiger partial charge in [-0.2, -0.15) is 0 Å². The third kappa shape index (κ3) is 3.94. The minimum absolute atomic E-state index is 0.0901. The van der Waals surface area contributed by atoms with Crippen molar-refractivity contribution in [1.82, 2.24) is 24.9 Å². The van der Waals surface area contributed by atoms with Crippen molar-refractivity contribution in [2.45, 2.75) is 44.6 Å². The Hall–Kier alpha value is -2.80. The predicted molar refractivity (Wildman–Crippen MR) is 117 cm³/mol. The Morgan fingerprint density at radius 2 is 1.87 bits per heavy atom. The van der Waals surface area contributed by atoms with Crippen molar-refractivity contribution in [2.24, 2.45) is 13.0 Å². The van der Waals surface area contributed by atoms with Crippen molar-refractivity contribution >= 4 is 22.5 Å². The smallest absolute Gasteiger partial charge is 0.228 e. The standard InChI is InChI=1S/C23H28N6O/c1-28-15-21(26-27-28)17-4-5-18-14-24-22(13-19(18)12-17)25-23(30)16-6-8-20(9-7-16)29-10-2-3-11-29/h4-5,12-16,20H,2-3,6-11H2,1H3,(H,24,25,30). The summed E-state index contributed by atoms with van der Waals surface area (Å²) >= 11 is 0. The van der Waals surface area contributed by atoms with Crippen molar-refractivity contribution in [1.29, 1.82) is 0 Å². The number of likely N-dealkylation sites (tertiary alicyclic amines) is 1. The first-order valence-corrected chi connectivity index (χ1v) is 11.0. The molecule has 156 valence electrons. The molecule has 3 heterocycles. The van der Waals surface area contributed by atoms with Crippen LogP contribution in [0.3, 0.4) is 0 Å². The van der Waals surface area contributed by atoms with Crippen LogP contribution >= 0.6 is 0 Å². The second kappa shape index (κ2) is 8.14.